The average molecular weight is 305 g/mol. The molecule has 3 N–H and O–H groups in total. The molecule has 0 bridgehead atoms. The molecule has 19 heavy (non-hydrogen) atoms. The van der Waals surface area contributed by atoms with Gasteiger partial charge in [0.05, 0.1) is 4.88 Å². The van der Waals surface area contributed by atoms with Crippen LogP contribution in [0.2, 0.25) is 0 Å². The predicted molar refractivity (Wildman–Crippen MR) is 85.5 cm³/mol. The first-order valence-corrected chi connectivity index (χ1v) is 7.53. The molecule has 1 aromatic heterocycles. The Morgan fingerprint density at radius 3 is 2.68 bits per heavy atom. The molecule has 0 fully saturated rings. The van der Waals surface area contributed by atoms with Crippen molar-refractivity contribution in [1.82, 2.24) is 5.32 Å². The highest BCUT2D eigenvalue weighted by molar-refractivity contribution is 7.14. The summed E-state index contributed by atoms with van der Waals surface area (Å²) in [5.41, 5.74) is 6.86. The van der Waals surface area contributed by atoms with Gasteiger partial charge in [-0.1, -0.05) is 27.2 Å². The van der Waals surface area contributed by atoms with E-state index in [1.807, 2.05) is 13.0 Å². The van der Waals surface area contributed by atoms with Gasteiger partial charge in [-0.05, 0) is 36.9 Å². The summed E-state index contributed by atoms with van der Waals surface area (Å²) >= 11 is 1.63. The number of nitrogens with two attached hydrogens (primary N) is 1. The van der Waals surface area contributed by atoms with Crippen molar-refractivity contribution in [3.63, 3.8) is 0 Å². The van der Waals surface area contributed by atoms with Crippen molar-refractivity contribution in [3.8, 4) is 0 Å². The number of carbonyl (C=O) groups is 1. The molecule has 0 aromatic carbocycles. The number of hydrogen-bond acceptors (Lipinski definition) is 3. The van der Waals surface area contributed by atoms with E-state index >= 15 is 0 Å². The van der Waals surface area contributed by atoms with Crippen LogP contribution in [-0.4, -0.2) is 19.0 Å². The Kier molecular flexibility index (Phi) is 9.06. The van der Waals surface area contributed by atoms with Gasteiger partial charge in [0, 0.05) is 11.4 Å². The fourth-order valence-electron chi connectivity index (χ4n) is 1.75. The summed E-state index contributed by atoms with van der Waals surface area (Å²) in [7, 11) is 0. The van der Waals surface area contributed by atoms with Crippen molar-refractivity contribution < 1.29 is 4.79 Å². The lowest BCUT2D eigenvalue weighted by Gasteiger charge is -2.08. The molecule has 110 valence electrons. The van der Waals surface area contributed by atoms with Gasteiger partial charge in [0.25, 0.3) is 5.91 Å². The molecular weight excluding hydrogens is 280 g/mol. The lowest BCUT2D eigenvalue weighted by atomic mass is 10.1. The minimum absolute atomic E-state index is 0. The van der Waals surface area contributed by atoms with Crippen molar-refractivity contribution in [3.05, 3.63) is 21.4 Å². The number of aryl methyl sites for hydroxylation is 2. The quantitative estimate of drug-likeness (QED) is 0.813. The third-order valence-electron chi connectivity index (χ3n) is 2.99. The Labute approximate surface area is 126 Å². The Morgan fingerprint density at radius 2 is 2.16 bits per heavy atom. The van der Waals surface area contributed by atoms with Crippen LogP contribution in [0.4, 0.5) is 0 Å². The smallest absolute Gasteiger partial charge is 0.261 e. The topological polar surface area (TPSA) is 55.1 Å². The van der Waals surface area contributed by atoms with Gasteiger partial charge >= 0.3 is 0 Å². The molecular formula is C14H25ClN2OS. The Hall–Kier alpha value is -0.580. The molecule has 1 aromatic rings. The number of rotatable bonds is 7. The van der Waals surface area contributed by atoms with Gasteiger partial charge in [-0.15, -0.1) is 23.7 Å². The molecule has 0 saturated carbocycles. The maximum absolute atomic E-state index is 12.0. The van der Waals surface area contributed by atoms with Crippen LogP contribution < -0.4 is 11.1 Å². The predicted octanol–water partition coefficient (Wildman–Crippen LogP) is 3.01. The number of halogens is 1. The highest BCUT2D eigenvalue weighted by Crippen LogP contribution is 2.24. The van der Waals surface area contributed by atoms with Crippen molar-refractivity contribution in [1.29, 1.82) is 0 Å². The van der Waals surface area contributed by atoms with E-state index in [-0.39, 0.29) is 18.3 Å². The second-order valence-electron chi connectivity index (χ2n) is 4.71. The Balaban J connectivity index is 0.00000324. The molecule has 0 saturated heterocycles. The molecule has 0 radical (unpaired) electrons. The lowest BCUT2D eigenvalue weighted by molar-refractivity contribution is 0.0952. The maximum Gasteiger partial charge on any atom is 0.261 e. The van der Waals surface area contributed by atoms with Crippen LogP contribution in [0.5, 0.6) is 0 Å². The minimum atomic E-state index is 0. The molecule has 0 aliphatic heterocycles. The van der Waals surface area contributed by atoms with E-state index in [0.29, 0.717) is 19.0 Å². The summed E-state index contributed by atoms with van der Waals surface area (Å²) in [5.74, 6) is 0.368. The van der Waals surface area contributed by atoms with Gasteiger partial charge in [0.1, 0.15) is 0 Å². The monoisotopic (exact) mass is 304 g/mol. The lowest BCUT2D eigenvalue weighted by Crippen LogP contribution is -2.30. The first-order valence-electron chi connectivity index (χ1n) is 6.72. The number of hydrogen-bond donors (Lipinski definition) is 2. The SMILES string of the molecule is CCCc1sc(C(=O)NCC(C)CN)cc1CC.Cl. The van der Waals surface area contributed by atoms with E-state index in [0.717, 1.165) is 24.1 Å². The minimum Gasteiger partial charge on any atom is -0.351 e. The van der Waals surface area contributed by atoms with E-state index < -0.39 is 0 Å². The fourth-order valence-corrected chi connectivity index (χ4v) is 3.03. The summed E-state index contributed by atoms with van der Waals surface area (Å²) in [6.07, 6.45) is 3.19. The third kappa shape index (κ3) is 5.51. The van der Waals surface area contributed by atoms with Crippen LogP contribution in [0.3, 0.4) is 0 Å². The molecule has 3 nitrogen and oxygen atoms in total. The standard InChI is InChI=1S/C14H24N2OS.ClH/c1-4-6-12-11(5-2)7-13(18-12)14(17)16-9-10(3)8-15;/h7,10H,4-6,8-9,15H2,1-3H3,(H,16,17);1H. The molecule has 1 rings (SSSR count). The van der Waals surface area contributed by atoms with Crippen molar-refractivity contribution in [2.45, 2.75) is 40.0 Å². The first kappa shape index (κ1) is 18.4. The van der Waals surface area contributed by atoms with Crippen LogP contribution >= 0.6 is 23.7 Å². The largest absolute Gasteiger partial charge is 0.351 e. The molecule has 0 spiro atoms. The van der Waals surface area contributed by atoms with Crippen LogP contribution in [0.1, 0.15) is 47.3 Å². The van der Waals surface area contributed by atoms with Gasteiger partial charge in [-0.3, -0.25) is 4.79 Å². The molecule has 1 heterocycles. The Bertz CT molecular complexity index is 393. The maximum atomic E-state index is 12.0. The van der Waals surface area contributed by atoms with Crippen molar-refractivity contribution in [2.24, 2.45) is 11.7 Å². The van der Waals surface area contributed by atoms with E-state index in [4.69, 9.17) is 5.73 Å². The second-order valence-corrected chi connectivity index (χ2v) is 5.85. The highest BCUT2D eigenvalue weighted by atomic mass is 35.5. The van der Waals surface area contributed by atoms with Gasteiger partial charge in [0.2, 0.25) is 0 Å². The highest BCUT2D eigenvalue weighted by Gasteiger charge is 2.13. The van der Waals surface area contributed by atoms with E-state index in [1.54, 1.807) is 11.3 Å². The third-order valence-corrected chi connectivity index (χ3v) is 4.23. The zero-order chi connectivity index (χ0) is 13.5. The molecule has 1 unspecified atom stereocenters. The summed E-state index contributed by atoms with van der Waals surface area (Å²) in [6, 6.07) is 2.04. The van der Waals surface area contributed by atoms with E-state index in [1.165, 1.54) is 10.4 Å². The Morgan fingerprint density at radius 1 is 1.47 bits per heavy atom. The van der Waals surface area contributed by atoms with Crippen LogP contribution in [-0.2, 0) is 12.8 Å². The molecule has 0 aliphatic rings. The zero-order valence-corrected chi connectivity index (χ0v) is 13.6. The van der Waals surface area contributed by atoms with Crippen LogP contribution in [0, 0.1) is 5.92 Å². The average Bonchev–Trinajstić information content (AvgIpc) is 2.79. The molecule has 1 amide bonds. The number of amides is 1. The van der Waals surface area contributed by atoms with E-state index in [9.17, 15) is 4.79 Å². The molecule has 0 aliphatic carbocycles. The van der Waals surface area contributed by atoms with Crippen molar-refractivity contribution in [2.75, 3.05) is 13.1 Å². The van der Waals surface area contributed by atoms with E-state index in [2.05, 4.69) is 19.2 Å². The molecule has 1 atom stereocenters. The molecule has 5 heteroatoms. The summed E-state index contributed by atoms with van der Waals surface area (Å²) in [6.45, 7) is 7.60. The summed E-state index contributed by atoms with van der Waals surface area (Å²) in [4.78, 5) is 14.2. The van der Waals surface area contributed by atoms with Crippen LogP contribution in [0.15, 0.2) is 6.07 Å². The van der Waals surface area contributed by atoms with Gasteiger partial charge in [-0.25, -0.2) is 0 Å². The van der Waals surface area contributed by atoms with Crippen LogP contribution in [0.25, 0.3) is 0 Å². The number of carbonyl (C=O) groups excluding carboxylic acids is 1. The van der Waals surface area contributed by atoms with Gasteiger partial charge in [-0.2, -0.15) is 0 Å². The first-order chi connectivity index (χ1) is 8.62. The number of nitrogens with one attached hydrogen (secondary N) is 1. The van der Waals surface area contributed by atoms with Gasteiger partial charge < -0.3 is 11.1 Å². The van der Waals surface area contributed by atoms with Crippen molar-refractivity contribution >= 4 is 29.7 Å². The van der Waals surface area contributed by atoms with Gasteiger partial charge in [0.15, 0.2) is 0 Å². The second kappa shape index (κ2) is 9.34. The zero-order valence-electron chi connectivity index (χ0n) is 12.0. The fraction of sp³-hybridized carbons (Fsp3) is 0.643. The summed E-state index contributed by atoms with van der Waals surface area (Å²) in [5, 5.41) is 2.95. The normalized spacial score (nSPS) is 11.8. The summed E-state index contributed by atoms with van der Waals surface area (Å²) < 4.78 is 0. The number of thiophene rings is 1.